The number of hydrogen-bond donors (Lipinski definition) is 3. The summed E-state index contributed by atoms with van der Waals surface area (Å²) >= 11 is 5.66. The minimum atomic E-state index is -4.20. The summed E-state index contributed by atoms with van der Waals surface area (Å²) in [7, 11) is -4.20. The number of hydrogen-bond acceptors (Lipinski definition) is 4. The molecule has 0 atom stereocenters. The van der Waals surface area contributed by atoms with Crippen LogP contribution in [0.15, 0.2) is 17.0 Å². The van der Waals surface area contributed by atoms with E-state index in [0.717, 1.165) is 12.1 Å². The highest BCUT2D eigenvalue weighted by atomic mass is 35.5. The van der Waals surface area contributed by atoms with Crippen molar-refractivity contribution in [2.75, 3.05) is 12.3 Å². The molecule has 0 aliphatic rings. The topological polar surface area (TPSA) is 115 Å². The van der Waals surface area contributed by atoms with E-state index >= 15 is 0 Å². The number of nitrogens with one attached hydrogen (secondary N) is 1. The van der Waals surface area contributed by atoms with Gasteiger partial charge in [-0.3, -0.25) is 4.79 Å². The molecule has 0 aromatic heterocycles. The van der Waals surface area contributed by atoms with E-state index in [4.69, 9.17) is 23.1 Å². The lowest BCUT2D eigenvalue weighted by molar-refractivity contribution is -0.125. The molecular formula is C11H15ClFN3O3S. The summed E-state index contributed by atoms with van der Waals surface area (Å²) in [5, 5.41) is -0.0153. The minimum Gasteiger partial charge on any atom is -0.396 e. The summed E-state index contributed by atoms with van der Waals surface area (Å²) < 4.78 is 39.9. The van der Waals surface area contributed by atoms with Crippen molar-refractivity contribution in [2.45, 2.75) is 18.7 Å². The molecule has 0 unspecified atom stereocenters. The van der Waals surface area contributed by atoms with E-state index in [0.29, 0.717) is 0 Å². The average Bonchev–Trinajstić information content (AvgIpc) is 2.31. The fourth-order valence-corrected chi connectivity index (χ4v) is 2.85. The number of nitrogens with two attached hydrogens (primary N) is 2. The van der Waals surface area contributed by atoms with Gasteiger partial charge in [-0.05, 0) is 26.0 Å². The van der Waals surface area contributed by atoms with Gasteiger partial charge >= 0.3 is 0 Å². The zero-order valence-electron chi connectivity index (χ0n) is 10.9. The summed E-state index contributed by atoms with van der Waals surface area (Å²) in [6.45, 7) is 2.64. The predicted molar refractivity (Wildman–Crippen MR) is 74.0 cm³/mol. The average molecular weight is 324 g/mol. The third-order valence-corrected chi connectivity index (χ3v) is 4.31. The molecule has 0 saturated heterocycles. The molecule has 0 aliphatic carbocycles. The summed E-state index contributed by atoms with van der Waals surface area (Å²) in [5.41, 5.74) is 8.95. The number of benzene rings is 1. The van der Waals surface area contributed by atoms with Crippen LogP contribution in [0.2, 0.25) is 5.02 Å². The van der Waals surface area contributed by atoms with Crippen LogP contribution >= 0.6 is 11.6 Å². The van der Waals surface area contributed by atoms with Crippen molar-refractivity contribution in [3.8, 4) is 0 Å². The van der Waals surface area contributed by atoms with Crippen LogP contribution in [0.5, 0.6) is 0 Å². The molecule has 112 valence electrons. The maximum absolute atomic E-state index is 13.8. The molecule has 0 saturated carbocycles. The van der Waals surface area contributed by atoms with Crippen LogP contribution in [-0.4, -0.2) is 20.9 Å². The van der Waals surface area contributed by atoms with Crippen LogP contribution < -0.4 is 16.2 Å². The van der Waals surface area contributed by atoms with E-state index in [-0.39, 0.29) is 17.3 Å². The summed E-state index contributed by atoms with van der Waals surface area (Å²) in [6.07, 6.45) is 0. The first-order valence-electron chi connectivity index (χ1n) is 5.51. The fourth-order valence-electron chi connectivity index (χ4n) is 1.22. The number of nitrogen functional groups attached to an aromatic ring is 1. The smallest absolute Gasteiger partial charge is 0.243 e. The Labute approximate surface area is 121 Å². The lowest BCUT2D eigenvalue weighted by atomic mass is 9.93. The van der Waals surface area contributed by atoms with Crippen LogP contribution in [0.3, 0.4) is 0 Å². The predicted octanol–water partition coefficient (Wildman–Crippen LogP) is 0.851. The first-order valence-corrected chi connectivity index (χ1v) is 7.37. The zero-order valence-corrected chi connectivity index (χ0v) is 12.5. The third-order valence-electron chi connectivity index (χ3n) is 2.69. The van der Waals surface area contributed by atoms with Gasteiger partial charge in [0.15, 0.2) is 5.82 Å². The van der Waals surface area contributed by atoms with Crippen molar-refractivity contribution >= 4 is 33.2 Å². The third kappa shape index (κ3) is 3.59. The van der Waals surface area contributed by atoms with Gasteiger partial charge in [-0.15, -0.1) is 0 Å². The highest BCUT2D eigenvalue weighted by molar-refractivity contribution is 7.89. The van der Waals surface area contributed by atoms with Gasteiger partial charge in [0.1, 0.15) is 4.90 Å². The zero-order chi connectivity index (χ0) is 15.7. The highest BCUT2D eigenvalue weighted by Crippen LogP contribution is 2.25. The summed E-state index contributed by atoms with van der Waals surface area (Å²) in [6, 6.07) is 2.04. The Morgan fingerprint density at radius 3 is 2.50 bits per heavy atom. The Balaban J connectivity index is 3.10. The Morgan fingerprint density at radius 2 is 2.00 bits per heavy atom. The van der Waals surface area contributed by atoms with Crippen LogP contribution in [0.4, 0.5) is 10.1 Å². The van der Waals surface area contributed by atoms with Crippen molar-refractivity contribution in [2.24, 2.45) is 11.1 Å². The van der Waals surface area contributed by atoms with Crippen molar-refractivity contribution in [1.29, 1.82) is 0 Å². The molecule has 0 radical (unpaired) electrons. The van der Waals surface area contributed by atoms with Crippen molar-refractivity contribution in [3.63, 3.8) is 0 Å². The summed E-state index contributed by atoms with van der Waals surface area (Å²) in [4.78, 5) is 10.4. The van der Waals surface area contributed by atoms with Crippen molar-refractivity contribution in [3.05, 3.63) is 23.0 Å². The van der Waals surface area contributed by atoms with Crippen LogP contribution in [0.1, 0.15) is 13.8 Å². The standard InChI is InChI=1S/C11H15ClFN3O3S/c1-11(2,10(15)17)5-16-20(18,19)8-4-6(12)3-7(14)9(8)13/h3-4,16H,5,14H2,1-2H3,(H2,15,17). The number of carbonyl (C=O) groups is 1. The number of anilines is 1. The number of rotatable bonds is 5. The van der Waals surface area contributed by atoms with Crippen LogP contribution in [-0.2, 0) is 14.8 Å². The van der Waals surface area contributed by atoms with Gasteiger partial charge in [-0.25, -0.2) is 17.5 Å². The molecule has 20 heavy (non-hydrogen) atoms. The number of amides is 1. The van der Waals surface area contributed by atoms with E-state index in [1.807, 2.05) is 0 Å². The van der Waals surface area contributed by atoms with E-state index in [2.05, 4.69) is 4.72 Å². The second-order valence-corrected chi connectivity index (χ2v) is 7.05. The van der Waals surface area contributed by atoms with E-state index in [1.54, 1.807) is 0 Å². The Kier molecular flexibility index (Phi) is 4.62. The number of halogens is 2. The van der Waals surface area contributed by atoms with E-state index in [9.17, 15) is 17.6 Å². The largest absolute Gasteiger partial charge is 0.396 e. The number of sulfonamides is 1. The van der Waals surface area contributed by atoms with E-state index in [1.165, 1.54) is 13.8 Å². The van der Waals surface area contributed by atoms with Gasteiger partial charge < -0.3 is 11.5 Å². The Bertz CT molecular complexity index is 647. The minimum absolute atomic E-state index is 0.0153. The van der Waals surface area contributed by atoms with Crippen molar-refractivity contribution in [1.82, 2.24) is 4.72 Å². The Morgan fingerprint density at radius 1 is 1.45 bits per heavy atom. The lowest BCUT2D eigenvalue weighted by Gasteiger charge is -2.20. The van der Waals surface area contributed by atoms with E-state index < -0.39 is 32.1 Å². The fraction of sp³-hybridized carbons (Fsp3) is 0.364. The van der Waals surface area contributed by atoms with Gasteiger partial charge in [0.05, 0.1) is 11.1 Å². The molecule has 0 heterocycles. The molecule has 0 aliphatic heterocycles. The molecule has 5 N–H and O–H groups in total. The second kappa shape index (κ2) is 5.55. The van der Waals surface area contributed by atoms with Gasteiger partial charge in [0, 0.05) is 11.6 Å². The molecule has 1 rings (SSSR count). The quantitative estimate of drug-likeness (QED) is 0.697. The molecule has 6 nitrogen and oxygen atoms in total. The van der Waals surface area contributed by atoms with Gasteiger partial charge in [-0.1, -0.05) is 11.6 Å². The van der Waals surface area contributed by atoms with Gasteiger partial charge in [0.2, 0.25) is 15.9 Å². The molecule has 1 aromatic rings. The number of carbonyl (C=O) groups excluding carboxylic acids is 1. The molecule has 0 fully saturated rings. The molecule has 0 bridgehead atoms. The molecule has 0 spiro atoms. The Hall–Kier alpha value is -1.38. The lowest BCUT2D eigenvalue weighted by Crippen LogP contribution is -2.42. The number of primary amides is 1. The van der Waals surface area contributed by atoms with Gasteiger partial charge in [-0.2, -0.15) is 0 Å². The first-order chi connectivity index (χ1) is 8.97. The van der Waals surface area contributed by atoms with Gasteiger partial charge in [0.25, 0.3) is 0 Å². The second-order valence-electron chi connectivity index (χ2n) is 4.88. The maximum Gasteiger partial charge on any atom is 0.243 e. The molecule has 9 heteroatoms. The highest BCUT2D eigenvalue weighted by Gasteiger charge is 2.29. The first kappa shape index (κ1) is 16.7. The summed E-state index contributed by atoms with van der Waals surface area (Å²) in [5.74, 6) is -1.79. The van der Waals surface area contributed by atoms with Crippen LogP contribution in [0, 0.1) is 11.2 Å². The molecule has 1 aromatic carbocycles. The van der Waals surface area contributed by atoms with Crippen molar-refractivity contribution < 1.29 is 17.6 Å². The monoisotopic (exact) mass is 323 g/mol. The SMILES string of the molecule is CC(C)(CNS(=O)(=O)c1cc(Cl)cc(N)c1F)C(N)=O. The molecular weight excluding hydrogens is 309 g/mol. The maximum atomic E-state index is 13.8. The normalized spacial score (nSPS) is 12.4. The molecule has 1 amide bonds. The van der Waals surface area contributed by atoms with Crippen LogP contribution in [0.25, 0.3) is 0 Å².